The Morgan fingerprint density at radius 1 is 1.56 bits per heavy atom. The lowest BCUT2D eigenvalue weighted by molar-refractivity contribution is 0.0132. The molecule has 6 heteroatoms. The topological polar surface area (TPSA) is 103 Å². The molecule has 1 rings (SSSR count). The summed E-state index contributed by atoms with van der Waals surface area (Å²) in [5.41, 5.74) is -0.677. The summed E-state index contributed by atoms with van der Waals surface area (Å²) >= 11 is 0. The van der Waals surface area contributed by atoms with Gasteiger partial charge in [0.15, 0.2) is 0 Å². The highest BCUT2D eigenvalue weighted by molar-refractivity contribution is 5.85. The molecule has 0 saturated heterocycles. The number of nitrogens with zero attached hydrogens (tertiary/aromatic N) is 1. The lowest BCUT2D eigenvalue weighted by Crippen LogP contribution is -2.37. The summed E-state index contributed by atoms with van der Waals surface area (Å²) in [5, 5.41) is 29.8. The Kier molecular flexibility index (Phi) is 3.81. The van der Waals surface area contributed by atoms with Crippen LogP contribution in [0.5, 0.6) is 0 Å². The highest BCUT2D eigenvalue weighted by Crippen LogP contribution is 2.09. The van der Waals surface area contributed by atoms with Crippen LogP contribution in [0.4, 0.5) is 5.69 Å². The Morgan fingerprint density at radius 2 is 2.25 bits per heavy atom. The first-order valence-electron chi connectivity index (χ1n) is 4.71. The number of aliphatic hydroxyl groups excluding tert-OH is 1. The third-order valence-corrected chi connectivity index (χ3v) is 2.00. The van der Waals surface area contributed by atoms with Crippen LogP contribution < -0.4 is 5.32 Å². The first kappa shape index (κ1) is 12.4. The zero-order chi connectivity index (χ0) is 12.2. The Labute approximate surface area is 92.6 Å². The van der Waals surface area contributed by atoms with Crippen molar-refractivity contribution in [3.8, 4) is 0 Å². The van der Waals surface area contributed by atoms with Gasteiger partial charge in [-0.3, -0.25) is 0 Å². The maximum Gasteiger partial charge on any atom is 0.354 e. The van der Waals surface area contributed by atoms with E-state index in [9.17, 15) is 9.90 Å². The van der Waals surface area contributed by atoms with E-state index in [4.69, 9.17) is 10.2 Å². The second kappa shape index (κ2) is 4.91. The molecule has 0 saturated carbocycles. The zero-order valence-corrected chi connectivity index (χ0v) is 8.84. The van der Waals surface area contributed by atoms with Gasteiger partial charge in [-0.2, -0.15) is 0 Å². The molecule has 1 atom stereocenters. The fourth-order valence-electron chi connectivity index (χ4n) is 0.973. The third-order valence-electron chi connectivity index (χ3n) is 2.00. The Morgan fingerprint density at radius 3 is 2.69 bits per heavy atom. The summed E-state index contributed by atoms with van der Waals surface area (Å²) in [6, 6.07) is 2.90. The van der Waals surface area contributed by atoms with Crippen LogP contribution in [-0.4, -0.2) is 45.0 Å². The molecule has 0 amide bonds. The van der Waals surface area contributed by atoms with Crippen molar-refractivity contribution in [2.75, 3.05) is 18.5 Å². The summed E-state index contributed by atoms with van der Waals surface area (Å²) < 4.78 is 0. The minimum Gasteiger partial charge on any atom is -0.477 e. The van der Waals surface area contributed by atoms with E-state index in [2.05, 4.69) is 10.3 Å². The molecule has 1 unspecified atom stereocenters. The number of hydrogen-bond donors (Lipinski definition) is 4. The maximum atomic E-state index is 10.5. The largest absolute Gasteiger partial charge is 0.477 e. The third kappa shape index (κ3) is 3.48. The van der Waals surface area contributed by atoms with Crippen molar-refractivity contribution in [2.45, 2.75) is 12.5 Å². The van der Waals surface area contributed by atoms with Crippen molar-refractivity contribution in [2.24, 2.45) is 0 Å². The van der Waals surface area contributed by atoms with Crippen LogP contribution in [-0.2, 0) is 0 Å². The molecule has 0 aliphatic heterocycles. The monoisotopic (exact) mass is 226 g/mol. The zero-order valence-electron chi connectivity index (χ0n) is 8.84. The molecule has 0 fully saturated rings. The number of rotatable bonds is 5. The van der Waals surface area contributed by atoms with E-state index >= 15 is 0 Å². The van der Waals surface area contributed by atoms with Gasteiger partial charge in [0, 0.05) is 6.54 Å². The molecule has 0 aliphatic carbocycles. The number of anilines is 1. The highest BCUT2D eigenvalue weighted by Gasteiger charge is 2.18. The summed E-state index contributed by atoms with van der Waals surface area (Å²) in [5.74, 6) is -1.09. The van der Waals surface area contributed by atoms with E-state index in [-0.39, 0.29) is 18.8 Å². The first-order valence-corrected chi connectivity index (χ1v) is 4.71. The van der Waals surface area contributed by atoms with Gasteiger partial charge in [-0.1, -0.05) is 0 Å². The lowest BCUT2D eigenvalue weighted by atomic mass is 10.1. The van der Waals surface area contributed by atoms with Crippen LogP contribution in [0.2, 0.25) is 0 Å². The van der Waals surface area contributed by atoms with Gasteiger partial charge in [0.1, 0.15) is 11.3 Å². The fourth-order valence-corrected chi connectivity index (χ4v) is 0.973. The molecule has 1 heterocycles. The molecule has 1 aromatic heterocycles. The highest BCUT2D eigenvalue weighted by atomic mass is 16.4. The lowest BCUT2D eigenvalue weighted by Gasteiger charge is -2.21. The molecule has 16 heavy (non-hydrogen) atoms. The van der Waals surface area contributed by atoms with Crippen LogP contribution in [0.1, 0.15) is 17.4 Å². The van der Waals surface area contributed by atoms with Gasteiger partial charge in [-0.25, -0.2) is 9.78 Å². The number of aliphatic hydroxyl groups is 2. The number of nitrogens with one attached hydrogen (secondary N) is 1. The van der Waals surface area contributed by atoms with Gasteiger partial charge in [0.05, 0.1) is 18.5 Å². The van der Waals surface area contributed by atoms with E-state index in [0.717, 1.165) is 0 Å². The second-order valence-corrected chi connectivity index (χ2v) is 3.75. The molecule has 6 nitrogen and oxygen atoms in total. The Balaban J connectivity index is 2.59. The van der Waals surface area contributed by atoms with E-state index < -0.39 is 11.6 Å². The number of carbonyl (C=O) groups is 1. The van der Waals surface area contributed by atoms with Crippen LogP contribution in [0.25, 0.3) is 0 Å². The van der Waals surface area contributed by atoms with Crippen molar-refractivity contribution >= 4 is 11.7 Å². The normalized spacial score (nSPS) is 14.2. The molecule has 0 spiro atoms. The molecular weight excluding hydrogens is 212 g/mol. The van der Waals surface area contributed by atoms with Crippen LogP contribution >= 0.6 is 0 Å². The van der Waals surface area contributed by atoms with Crippen molar-refractivity contribution in [1.29, 1.82) is 0 Å². The quantitative estimate of drug-likeness (QED) is 0.560. The molecule has 4 N–H and O–H groups in total. The Bertz CT molecular complexity index is 362. The average molecular weight is 226 g/mol. The van der Waals surface area contributed by atoms with E-state index in [1.807, 2.05) is 0 Å². The van der Waals surface area contributed by atoms with Gasteiger partial charge < -0.3 is 20.6 Å². The molecule has 0 aromatic carbocycles. The van der Waals surface area contributed by atoms with Crippen molar-refractivity contribution < 1.29 is 20.1 Å². The van der Waals surface area contributed by atoms with Gasteiger partial charge in [0.2, 0.25) is 0 Å². The smallest absolute Gasteiger partial charge is 0.354 e. The predicted octanol–water partition coefficient (Wildman–Crippen LogP) is -0.0650. The van der Waals surface area contributed by atoms with Gasteiger partial charge in [0.25, 0.3) is 0 Å². The van der Waals surface area contributed by atoms with Crippen LogP contribution in [0.3, 0.4) is 0 Å². The molecular formula is C10H14N2O4. The number of pyridine rings is 1. The number of aromatic nitrogens is 1. The second-order valence-electron chi connectivity index (χ2n) is 3.75. The maximum absolute atomic E-state index is 10.5. The number of carboxylic acid groups (broad SMARTS) is 1. The summed E-state index contributed by atoms with van der Waals surface area (Å²) in [6.45, 7) is 1.28. The summed E-state index contributed by atoms with van der Waals surface area (Å²) in [6.07, 6.45) is 1.36. The van der Waals surface area contributed by atoms with Crippen LogP contribution in [0, 0.1) is 0 Å². The van der Waals surface area contributed by atoms with E-state index in [1.165, 1.54) is 19.2 Å². The van der Waals surface area contributed by atoms with E-state index in [0.29, 0.717) is 5.69 Å². The molecule has 0 radical (unpaired) electrons. The summed E-state index contributed by atoms with van der Waals surface area (Å²) in [7, 11) is 0. The number of aromatic carboxylic acids is 1. The van der Waals surface area contributed by atoms with Crippen molar-refractivity contribution in [3.05, 3.63) is 24.0 Å². The SMILES string of the molecule is CC(O)(CO)CNc1ccc(C(=O)O)nc1. The van der Waals surface area contributed by atoms with Gasteiger partial charge in [-0.05, 0) is 19.1 Å². The molecule has 0 bridgehead atoms. The molecule has 1 aromatic rings. The van der Waals surface area contributed by atoms with Crippen molar-refractivity contribution in [1.82, 2.24) is 4.98 Å². The molecule has 0 aliphatic rings. The minimum absolute atomic E-state index is 0.0422. The van der Waals surface area contributed by atoms with Gasteiger partial charge in [-0.15, -0.1) is 0 Å². The molecule has 88 valence electrons. The predicted molar refractivity (Wildman–Crippen MR) is 57.4 cm³/mol. The Hall–Kier alpha value is -1.66. The number of hydrogen-bond acceptors (Lipinski definition) is 5. The number of carboxylic acids is 1. The van der Waals surface area contributed by atoms with E-state index in [1.54, 1.807) is 6.07 Å². The average Bonchev–Trinajstić information content (AvgIpc) is 2.27. The first-order chi connectivity index (χ1) is 7.44. The minimum atomic E-state index is -1.22. The van der Waals surface area contributed by atoms with Crippen LogP contribution in [0.15, 0.2) is 18.3 Å². The van der Waals surface area contributed by atoms with Gasteiger partial charge >= 0.3 is 5.97 Å². The standard InChI is InChI=1S/C10H14N2O4/c1-10(16,6-13)5-12-7-2-3-8(9(14)15)11-4-7/h2-4,12-13,16H,5-6H2,1H3,(H,14,15). The summed E-state index contributed by atoms with van der Waals surface area (Å²) in [4.78, 5) is 14.2. The van der Waals surface area contributed by atoms with Crippen molar-refractivity contribution in [3.63, 3.8) is 0 Å². The fraction of sp³-hybridized carbons (Fsp3) is 0.400.